The van der Waals surface area contributed by atoms with E-state index in [9.17, 15) is 0 Å². The number of hydrogen-bond donors (Lipinski definition) is 3. The van der Waals surface area contributed by atoms with Gasteiger partial charge in [-0.05, 0) is 56.1 Å². The lowest BCUT2D eigenvalue weighted by Crippen LogP contribution is -2.29. The molecule has 0 spiro atoms. The van der Waals surface area contributed by atoms with Gasteiger partial charge in [-0.15, -0.1) is 0 Å². The van der Waals surface area contributed by atoms with Gasteiger partial charge in [-0.3, -0.25) is 0 Å². The number of fused-ring (bicyclic) bond motifs is 1. The van der Waals surface area contributed by atoms with Gasteiger partial charge in [0.25, 0.3) is 0 Å². The lowest BCUT2D eigenvalue weighted by molar-refractivity contribution is -0.159. The molecular weight excluding hydrogens is 364 g/mol. The number of carbonyl (C=O) groups is 2. The first kappa shape index (κ1) is 19.6. The summed E-state index contributed by atoms with van der Waals surface area (Å²) < 4.78 is 7.72. The van der Waals surface area contributed by atoms with E-state index >= 15 is 0 Å². The number of aliphatic carboxylic acids is 2. The maximum Gasteiger partial charge on any atom is 0.414 e. The standard InChI is InChI=1S/C17H20N4O.C2H2O4/c1-4-15-17(19-7-1)21(12-14-3-2-10-22-14)16(20-15)11-13-5-8-18-9-6-13;3-1(4)2(5)6/h1-4,7,10,13,18H,5-6,8-9,11-12H2;(H,3,4)(H,5,6). The van der Waals surface area contributed by atoms with Crippen LogP contribution in [0.5, 0.6) is 0 Å². The van der Waals surface area contributed by atoms with Crippen LogP contribution >= 0.6 is 0 Å². The van der Waals surface area contributed by atoms with E-state index in [1.54, 1.807) is 6.26 Å². The number of carboxylic acids is 2. The Labute approximate surface area is 161 Å². The first-order chi connectivity index (χ1) is 13.5. The van der Waals surface area contributed by atoms with Crippen molar-refractivity contribution in [3.63, 3.8) is 0 Å². The highest BCUT2D eigenvalue weighted by molar-refractivity contribution is 6.27. The van der Waals surface area contributed by atoms with Gasteiger partial charge < -0.3 is 24.5 Å². The van der Waals surface area contributed by atoms with Gasteiger partial charge >= 0.3 is 11.9 Å². The smallest absolute Gasteiger partial charge is 0.414 e. The summed E-state index contributed by atoms with van der Waals surface area (Å²) in [6.45, 7) is 2.92. The molecule has 3 aromatic rings. The summed E-state index contributed by atoms with van der Waals surface area (Å²) in [4.78, 5) is 27.5. The number of aromatic nitrogens is 3. The maximum absolute atomic E-state index is 9.10. The molecule has 1 fully saturated rings. The minimum absolute atomic E-state index is 0.695. The number of carboxylic acid groups (broad SMARTS) is 2. The van der Waals surface area contributed by atoms with Crippen LogP contribution in [0, 0.1) is 5.92 Å². The summed E-state index contributed by atoms with van der Waals surface area (Å²) in [5, 5.41) is 18.2. The first-order valence-corrected chi connectivity index (χ1v) is 9.04. The summed E-state index contributed by atoms with van der Waals surface area (Å²) >= 11 is 0. The zero-order valence-electron chi connectivity index (χ0n) is 15.2. The molecule has 0 bridgehead atoms. The van der Waals surface area contributed by atoms with Crippen molar-refractivity contribution in [3.05, 3.63) is 48.3 Å². The number of furan rings is 1. The second-order valence-corrected chi connectivity index (χ2v) is 6.55. The summed E-state index contributed by atoms with van der Waals surface area (Å²) in [5.41, 5.74) is 1.92. The van der Waals surface area contributed by atoms with Gasteiger partial charge in [0, 0.05) is 12.6 Å². The third-order valence-electron chi connectivity index (χ3n) is 4.59. The molecule has 0 unspecified atom stereocenters. The van der Waals surface area contributed by atoms with Crippen LogP contribution in [0.2, 0.25) is 0 Å². The molecule has 1 aliphatic heterocycles. The van der Waals surface area contributed by atoms with Crippen molar-refractivity contribution in [2.75, 3.05) is 13.1 Å². The van der Waals surface area contributed by atoms with E-state index in [0.717, 1.165) is 42.3 Å². The number of nitrogens with zero attached hydrogens (tertiary/aromatic N) is 3. The van der Waals surface area contributed by atoms with E-state index in [-0.39, 0.29) is 0 Å². The molecule has 28 heavy (non-hydrogen) atoms. The average molecular weight is 386 g/mol. The molecule has 148 valence electrons. The number of rotatable bonds is 4. The Morgan fingerprint density at radius 2 is 1.93 bits per heavy atom. The monoisotopic (exact) mass is 386 g/mol. The molecule has 0 atom stereocenters. The van der Waals surface area contributed by atoms with Gasteiger partial charge in [-0.2, -0.15) is 0 Å². The fourth-order valence-electron chi connectivity index (χ4n) is 3.23. The molecule has 3 aromatic heterocycles. The molecule has 9 nitrogen and oxygen atoms in total. The topological polar surface area (TPSA) is 130 Å². The first-order valence-electron chi connectivity index (χ1n) is 9.04. The van der Waals surface area contributed by atoms with E-state index in [4.69, 9.17) is 29.2 Å². The van der Waals surface area contributed by atoms with Crippen molar-refractivity contribution in [2.45, 2.75) is 25.8 Å². The number of imidazole rings is 1. The molecule has 0 saturated carbocycles. The third-order valence-corrected chi connectivity index (χ3v) is 4.59. The highest BCUT2D eigenvalue weighted by Crippen LogP contribution is 2.22. The number of nitrogens with one attached hydrogen (secondary N) is 1. The van der Waals surface area contributed by atoms with Crippen LogP contribution in [0.1, 0.15) is 24.4 Å². The van der Waals surface area contributed by atoms with E-state index < -0.39 is 11.9 Å². The molecule has 1 aliphatic rings. The molecule has 3 N–H and O–H groups in total. The zero-order valence-corrected chi connectivity index (χ0v) is 15.2. The van der Waals surface area contributed by atoms with Crippen molar-refractivity contribution in [1.82, 2.24) is 19.9 Å². The molecule has 0 aromatic carbocycles. The predicted molar refractivity (Wildman–Crippen MR) is 99.9 cm³/mol. The molecule has 0 radical (unpaired) electrons. The van der Waals surface area contributed by atoms with Crippen LogP contribution < -0.4 is 5.32 Å². The fraction of sp³-hybridized carbons (Fsp3) is 0.368. The lowest BCUT2D eigenvalue weighted by atomic mass is 9.94. The van der Waals surface area contributed by atoms with Gasteiger partial charge in [0.15, 0.2) is 5.65 Å². The molecule has 4 rings (SSSR count). The molecule has 0 amide bonds. The predicted octanol–water partition coefficient (Wildman–Crippen LogP) is 1.77. The Morgan fingerprint density at radius 3 is 2.57 bits per heavy atom. The highest BCUT2D eigenvalue weighted by atomic mass is 16.4. The van der Waals surface area contributed by atoms with Crippen LogP contribution in [0.4, 0.5) is 0 Å². The molecule has 1 saturated heterocycles. The lowest BCUT2D eigenvalue weighted by Gasteiger charge is -2.22. The summed E-state index contributed by atoms with van der Waals surface area (Å²) in [5.74, 6) is -0.882. The van der Waals surface area contributed by atoms with Gasteiger partial charge in [-0.1, -0.05) is 0 Å². The second-order valence-electron chi connectivity index (χ2n) is 6.55. The van der Waals surface area contributed by atoms with Crippen LogP contribution in [0.25, 0.3) is 11.2 Å². The number of hydrogen-bond acceptors (Lipinski definition) is 6. The largest absolute Gasteiger partial charge is 0.473 e. The Hall–Kier alpha value is -3.20. The van der Waals surface area contributed by atoms with E-state index in [1.807, 2.05) is 30.5 Å². The van der Waals surface area contributed by atoms with Gasteiger partial charge in [-0.25, -0.2) is 19.6 Å². The van der Waals surface area contributed by atoms with Crippen molar-refractivity contribution >= 4 is 23.1 Å². The Morgan fingerprint density at radius 1 is 1.18 bits per heavy atom. The second kappa shape index (κ2) is 9.14. The molecular formula is C19H22N4O5. The van der Waals surface area contributed by atoms with Gasteiger partial charge in [0.2, 0.25) is 0 Å². The van der Waals surface area contributed by atoms with Gasteiger partial charge in [0.1, 0.15) is 17.1 Å². The SMILES string of the molecule is O=C(O)C(=O)O.c1coc(Cn2c(CC3CCNCC3)nc3cccnc32)c1. The van der Waals surface area contributed by atoms with E-state index in [2.05, 4.69) is 14.9 Å². The Bertz CT molecular complexity index is 917. The minimum atomic E-state index is -1.82. The molecule has 0 aliphatic carbocycles. The zero-order chi connectivity index (χ0) is 19.9. The quantitative estimate of drug-likeness (QED) is 0.578. The van der Waals surface area contributed by atoms with Crippen LogP contribution in [0.3, 0.4) is 0 Å². The van der Waals surface area contributed by atoms with Crippen molar-refractivity contribution in [1.29, 1.82) is 0 Å². The number of pyridine rings is 1. The summed E-state index contributed by atoms with van der Waals surface area (Å²) in [6.07, 6.45) is 7.00. The van der Waals surface area contributed by atoms with Crippen molar-refractivity contribution < 1.29 is 24.2 Å². The average Bonchev–Trinajstić information content (AvgIpc) is 3.32. The van der Waals surface area contributed by atoms with Crippen molar-refractivity contribution in [2.24, 2.45) is 5.92 Å². The number of piperidine rings is 1. The molecule has 4 heterocycles. The Kier molecular flexibility index (Phi) is 6.38. The summed E-state index contributed by atoms with van der Waals surface area (Å²) in [7, 11) is 0. The van der Waals surface area contributed by atoms with Gasteiger partial charge in [0.05, 0.1) is 12.8 Å². The van der Waals surface area contributed by atoms with E-state index in [1.165, 1.54) is 12.8 Å². The summed E-state index contributed by atoms with van der Waals surface area (Å²) in [6, 6.07) is 7.91. The van der Waals surface area contributed by atoms with Crippen LogP contribution in [0.15, 0.2) is 41.1 Å². The maximum atomic E-state index is 9.10. The highest BCUT2D eigenvalue weighted by Gasteiger charge is 2.19. The normalized spacial score (nSPS) is 14.4. The minimum Gasteiger partial charge on any atom is -0.473 e. The third kappa shape index (κ3) is 4.95. The van der Waals surface area contributed by atoms with Crippen LogP contribution in [-0.2, 0) is 22.6 Å². The fourth-order valence-corrected chi connectivity index (χ4v) is 3.23. The Balaban J connectivity index is 0.000000330. The van der Waals surface area contributed by atoms with Crippen molar-refractivity contribution in [3.8, 4) is 0 Å². The van der Waals surface area contributed by atoms with Crippen LogP contribution in [-0.4, -0.2) is 49.8 Å². The van der Waals surface area contributed by atoms with E-state index in [0.29, 0.717) is 12.5 Å². The molecule has 9 heteroatoms.